The fourth-order valence-electron chi connectivity index (χ4n) is 5.19. The standard InChI is InChI=1S/C27H37N5O4S.C2H5N.2C2H6/c1-6-36-17-26(33)29-27(25-16-28-18-30(25)4)23-14-20(3)15-24(21-8-7-19(2)13-22(21)23)31-9-11-32(12-10-31)37(5,34)35;1-2-3;2*1-2/h7-8,13-14,16,18,24,27H,3,6,9-12,15,17H2,1-2,4-5H3,(H,29,33);2H,1,3H2;2*1-2H3. The van der Waals surface area contributed by atoms with E-state index in [0.29, 0.717) is 39.2 Å². The second-order valence-corrected chi connectivity index (χ2v) is 12.1. The smallest absolute Gasteiger partial charge is 0.246 e. The van der Waals surface area contributed by atoms with Crippen LogP contribution in [0.5, 0.6) is 0 Å². The number of nitrogens with zero attached hydrogens (tertiary/aromatic N) is 4. The number of carbonyl (C=O) groups excluding carboxylic acids is 1. The molecule has 1 saturated heterocycles. The van der Waals surface area contributed by atoms with E-state index in [2.05, 4.69) is 65.3 Å². The van der Waals surface area contributed by atoms with Crippen molar-refractivity contribution in [3.63, 3.8) is 0 Å². The van der Waals surface area contributed by atoms with Crippen molar-refractivity contribution < 1.29 is 17.9 Å². The number of benzene rings is 1. The number of nitrogens with one attached hydrogen (secondary N) is 1. The topological polar surface area (TPSA) is 123 Å². The number of allylic oxidation sites excluding steroid dienone is 1. The number of aromatic nitrogens is 2. The first-order chi connectivity index (χ1) is 21.0. The van der Waals surface area contributed by atoms with Crippen LogP contribution in [0.15, 0.2) is 61.7 Å². The molecule has 2 unspecified atom stereocenters. The molecule has 2 heterocycles. The predicted molar refractivity (Wildman–Crippen MR) is 181 cm³/mol. The first kappa shape index (κ1) is 38.8. The first-order valence-electron chi connectivity index (χ1n) is 15.4. The number of sulfonamides is 1. The molecule has 2 atom stereocenters. The quantitative estimate of drug-likeness (QED) is 0.433. The summed E-state index contributed by atoms with van der Waals surface area (Å²) in [6.45, 7) is 22.1. The molecule has 0 radical (unpaired) electrons. The zero-order valence-corrected chi connectivity index (χ0v) is 28.8. The lowest BCUT2D eigenvalue weighted by Gasteiger charge is -2.39. The van der Waals surface area contributed by atoms with Gasteiger partial charge in [-0.05, 0) is 43.2 Å². The highest BCUT2D eigenvalue weighted by molar-refractivity contribution is 7.88. The third-order valence-corrected chi connectivity index (χ3v) is 8.38. The highest BCUT2D eigenvalue weighted by Crippen LogP contribution is 2.42. The zero-order valence-electron chi connectivity index (χ0n) is 28.0. The van der Waals surface area contributed by atoms with E-state index in [4.69, 9.17) is 4.74 Å². The molecule has 0 bridgehead atoms. The molecule has 10 nitrogen and oxygen atoms in total. The summed E-state index contributed by atoms with van der Waals surface area (Å²) in [7, 11) is -1.30. The van der Waals surface area contributed by atoms with Crippen LogP contribution in [0.3, 0.4) is 0 Å². The minimum Gasteiger partial charge on any atom is -0.405 e. The van der Waals surface area contributed by atoms with Crippen LogP contribution < -0.4 is 11.1 Å². The molecule has 1 fully saturated rings. The number of hydrogen-bond acceptors (Lipinski definition) is 7. The molecular formula is C33H54N6O4S. The Balaban J connectivity index is 0.00000128. The van der Waals surface area contributed by atoms with E-state index in [-0.39, 0.29) is 18.6 Å². The van der Waals surface area contributed by atoms with Gasteiger partial charge in [0.15, 0.2) is 0 Å². The van der Waals surface area contributed by atoms with Gasteiger partial charge in [-0.25, -0.2) is 13.4 Å². The van der Waals surface area contributed by atoms with Crippen LogP contribution in [0.1, 0.15) is 75.5 Å². The fourth-order valence-corrected chi connectivity index (χ4v) is 6.02. The maximum Gasteiger partial charge on any atom is 0.246 e. The normalized spacial score (nSPS) is 17.5. The van der Waals surface area contributed by atoms with Crippen LogP contribution in [0.25, 0.3) is 5.57 Å². The number of aryl methyl sites for hydroxylation is 2. The minimum absolute atomic E-state index is 0.0208. The summed E-state index contributed by atoms with van der Waals surface area (Å²) in [6.07, 6.45) is 8.82. The summed E-state index contributed by atoms with van der Waals surface area (Å²) < 4.78 is 32.9. The molecule has 2 aliphatic rings. The highest BCUT2D eigenvalue weighted by atomic mass is 32.2. The molecule has 1 amide bonds. The van der Waals surface area contributed by atoms with Gasteiger partial charge >= 0.3 is 0 Å². The minimum atomic E-state index is -3.21. The number of amides is 1. The second-order valence-electron chi connectivity index (χ2n) is 10.1. The first-order valence-corrected chi connectivity index (χ1v) is 17.2. The number of nitrogens with two attached hydrogens (primary N) is 1. The van der Waals surface area contributed by atoms with E-state index in [1.54, 1.807) is 16.8 Å². The Morgan fingerprint density at radius 3 is 2.34 bits per heavy atom. The van der Waals surface area contributed by atoms with Gasteiger partial charge < -0.3 is 20.4 Å². The highest BCUT2D eigenvalue weighted by Gasteiger charge is 2.34. The molecule has 1 aromatic heterocycles. The number of fused-ring (bicyclic) bond motifs is 1. The van der Waals surface area contributed by atoms with Gasteiger partial charge in [0, 0.05) is 45.9 Å². The monoisotopic (exact) mass is 630 g/mol. The van der Waals surface area contributed by atoms with Crippen LogP contribution in [0, 0.1) is 6.92 Å². The van der Waals surface area contributed by atoms with Crippen molar-refractivity contribution in [2.75, 3.05) is 45.6 Å². The van der Waals surface area contributed by atoms with E-state index in [9.17, 15) is 13.2 Å². The summed E-state index contributed by atoms with van der Waals surface area (Å²) >= 11 is 0. The van der Waals surface area contributed by atoms with E-state index < -0.39 is 16.1 Å². The largest absolute Gasteiger partial charge is 0.405 e. The van der Waals surface area contributed by atoms with Gasteiger partial charge in [-0.2, -0.15) is 4.31 Å². The Morgan fingerprint density at radius 1 is 1.20 bits per heavy atom. The molecule has 1 aliphatic heterocycles. The fraction of sp³-hybridized carbons (Fsp3) is 0.515. The molecule has 3 N–H and O–H groups in total. The van der Waals surface area contributed by atoms with E-state index in [0.717, 1.165) is 33.5 Å². The lowest BCUT2D eigenvalue weighted by Crippen LogP contribution is -2.49. The number of piperazine rings is 1. The van der Waals surface area contributed by atoms with Crippen molar-refractivity contribution in [2.45, 2.75) is 60.0 Å². The Hall–Kier alpha value is -3.25. The second kappa shape index (κ2) is 19.2. The average Bonchev–Trinajstić information content (AvgIpc) is 3.38. The number of rotatable bonds is 8. The Kier molecular flexibility index (Phi) is 16.9. The number of imidazole rings is 1. The Bertz CT molecular complexity index is 1340. The molecule has 4 rings (SSSR count). The number of hydrogen-bond donors (Lipinski definition) is 2. The molecule has 44 heavy (non-hydrogen) atoms. The third-order valence-electron chi connectivity index (χ3n) is 7.08. The van der Waals surface area contributed by atoms with Gasteiger partial charge in [-0.15, -0.1) is 0 Å². The third kappa shape index (κ3) is 10.7. The van der Waals surface area contributed by atoms with Crippen molar-refractivity contribution in [1.29, 1.82) is 0 Å². The Labute approximate surface area is 265 Å². The maximum atomic E-state index is 12.9. The number of carbonyl (C=O) groups is 1. The predicted octanol–water partition coefficient (Wildman–Crippen LogP) is 4.73. The van der Waals surface area contributed by atoms with Gasteiger partial charge in [0.2, 0.25) is 15.9 Å². The van der Waals surface area contributed by atoms with Gasteiger partial charge in [-0.3, -0.25) is 9.69 Å². The van der Waals surface area contributed by atoms with Crippen LogP contribution in [0.2, 0.25) is 0 Å². The van der Waals surface area contributed by atoms with Crippen LogP contribution >= 0.6 is 0 Å². The van der Waals surface area contributed by atoms with E-state index in [1.165, 1.54) is 12.5 Å². The number of ether oxygens (including phenoxy) is 1. The average molecular weight is 631 g/mol. The Morgan fingerprint density at radius 2 is 1.82 bits per heavy atom. The van der Waals surface area contributed by atoms with Gasteiger partial charge in [-0.1, -0.05) is 76.3 Å². The van der Waals surface area contributed by atoms with Crippen LogP contribution in [-0.4, -0.2) is 78.7 Å². The summed E-state index contributed by atoms with van der Waals surface area (Å²) in [6, 6.07) is 6.03. The van der Waals surface area contributed by atoms with Crippen molar-refractivity contribution >= 4 is 21.5 Å². The van der Waals surface area contributed by atoms with Crippen LogP contribution in [0.4, 0.5) is 0 Å². The summed E-state index contributed by atoms with van der Waals surface area (Å²) in [5.41, 5.74) is 10.7. The molecular weight excluding hydrogens is 576 g/mol. The van der Waals surface area contributed by atoms with Crippen molar-refractivity contribution in [1.82, 2.24) is 24.1 Å². The van der Waals surface area contributed by atoms with Crippen LogP contribution in [-0.2, 0) is 26.6 Å². The molecule has 11 heteroatoms. The van der Waals surface area contributed by atoms with Gasteiger partial charge in [0.1, 0.15) is 6.61 Å². The zero-order chi connectivity index (χ0) is 33.4. The molecule has 0 saturated carbocycles. The van der Waals surface area contributed by atoms with E-state index in [1.807, 2.05) is 46.2 Å². The molecule has 1 aromatic carbocycles. The van der Waals surface area contributed by atoms with E-state index >= 15 is 0 Å². The van der Waals surface area contributed by atoms with Crippen molar-refractivity contribution in [3.05, 3.63) is 84.1 Å². The lowest BCUT2D eigenvalue weighted by molar-refractivity contribution is -0.126. The summed E-state index contributed by atoms with van der Waals surface area (Å²) in [5, 5.41) is 3.17. The summed E-state index contributed by atoms with van der Waals surface area (Å²) in [4.78, 5) is 19.5. The van der Waals surface area contributed by atoms with Gasteiger partial charge in [0.25, 0.3) is 0 Å². The molecule has 0 spiro atoms. The SMILES string of the molecule is C=C1C=C(C(NC(=O)COCC)c2cncn2C)c2cc(C)ccc2C(N2CCN(S(C)(=O)=O)CC2)C1.C=CN.CC.CC. The summed E-state index contributed by atoms with van der Waals surface area (Å²) in [5.74, 6) is -0.202. The van der Waals surface area contributed by atoms with Crippen molar-refractivity contribution in [3.8, 4) is 0 Å². The maximum absolute atomic E-state index is 12.9. The van der Waals surface area contributed by atoms with Crippen molar-refractivity contribution in [2.24, 2.45) is 12.8 Å². The lowest BCUT2D eigenvalue weighted by atomic mass is 9.89. The van der Waals surface area contributed by atoms with Gasteiger partial charge in [0.05, 0.1) is 30.5 Å². The molecule has 2 aromatic rings. The molecule has 246 valence electrons. The molecule has 1 aliphatic carbocycles.